The van der Waals surface area contributed by atoms with E-state index in [4.69, 9.17) is 14.2 Å². The second-order valence-corrected chi connectivity index (χ2v) is 24.6. The van der Waals surface area contributed by atoms with Gasteiger partial charge >= 0.3 is 5.97 Å². The summed E-state index contributed by atoms with van der Waals surface area (Å²) in [6, 6.07) is -0.808. The van der Waals surface area contributed by atoms with Crippen LogP contribution in [0.5, 0.6) is 0 Å². The quantitative estimate of drug-likeness (QED) is 0.0195. The third-order valence-corrected chi connectivity index (χ3v) is 16.7. The monoisotopic (exact) mass is 1170 g/mol. The van der Waals surface area contributed by atoms with E-state index in [0.717, 1.165) is 64.2 Å². The van der Waals surface area contributed by atoms with E-state index in [1.165, 1.54) is 244 Å². The molecule has 7 unspecified atom stereocenters. The van der Waals surface area contributed by atoms with Crippen molar-refractivity contribution in [3.8, 4) is 0 Å². The molecule has 1 aliphatic heterocycles. The molecule has 7 atom stereocenters. The molecule has 83 heavy (non-hydrogen) atoms. The molecule has 6 N–H and O–H groups in total. The number of hydrogen-bond acceptors (Lipinski definition) is 10. The van der Waals surface area contributed by atoms with E-state index in [9.17, 15) is 35.1 Å². The topological polar surface area (TPSA) is 175 Å². The summed E-state index contributed by atoms with van der Waals surface area (Å²) in [5, 5.41) is 54.4. The van der Waals surface area contributed by atoms with Crippen LogP contribution in [0.4, 0.5) is 0 Å². The summed E-state index contributed by atoms with van der Waals surface area (Å²) in [4.78, 5) is 25.1. The van der Waals surface area contributed by atoms with Crippen LogP contribution in [-0.4, -0.2) is 100 Å². The van der Waals surface area contributed by atoms with Crippen molar-refractivity contribution >= 4 is 11.9 Å². The fraction of sp³-hybridized carbons (Fsp3) is 0.861. The van der Waals surface area contributed by atoms with Crippen molar-refractivity contribution < 1.29 is 49.3 Å². The third kappa shape index (κ3) is 50.3. The number of nitrogens with one attached hydrogen (secondary N) is 1. The van der Waals surface area contributed by atoms with Gasteiger partial charge in [-0.1, -0.05) is 287 Å². The molecule has 0 aromatic carbocycles. The van der Waals surface area contributed by atoms with Crippen LogP contribution in [0.1, 0.15) is 335 Å². The highest BCUT2D eigenvalue weighted by Crippen LogP contribution is 2.23. The second kappa shape index (κ2) is 61.3. The summed E-state index contributed by atoms with van der Waals surface area (Å²) in [5.41, 5.74) is 0. The molecule has 0 aromatic rings. The normalized spacial score (nSPS) is 18.4. The smallest absolute Gasteiger partial charge is 0.305 e. The summed E-state index contributed by atoms with van der Waals surface area (Å²) >= 11 is 0. The summed E-state index contributed by atoms with van der Waals surface area (Å²) in [6.07, 6.45) is 69.7. The molecule has 11 heteroatoms. The number of ether oxygens (including phenoxy) is 3. The summed E-state index contributed by atoms with van der Waals surface area (Å²) in [7, 11) is 0. The zero-order valence-corrected chi connectivity index (χ0v) is 53.9. The van der Waals surface area contributed by atoms with Gasteiger partial charge in [-0.25, -0.2) is 0 Å². The minimum absolute atomic E-state index is 0.00434. The van der Waals surface area contributed by atoms with Gasteiger partial charge in [0.15, 0.2) is 6.29 Å². The van der Waals surface area contributed by atoms with E-state index >= 15 is 0 Å². The first kappa shape index (κ1) is 78.6. The Labute approximate surface area is 510 Å². The van der Waals surface area contributed by atoms with E-state index < -0.39 is 49.5 Å². The van der Waals surface area contributed by atoms with Gasteiger partial charge in [-0.05, 0) is 83.5 Å². The van der Waals surface area contributed by atoms with Crippen LogP contribution in [0.2, 0.25) is 0 Å². The zero-order chi connectivity index (χ0) is 60.2. The first-order valence-electron chi connectivity index (χ1n) is 35.4. The molecule has 1 rings (SSSR count). The Morgan fingerprint density at radius 1 is 0.446 bits per heavy atom. The van der Waals surface area contributed by atoms with E-state index in [1.807, 2.05) is 6.08 Å². The molecular weight excluding hydrogens is 1040 g/mol. The SMILES string of the molecule is CCCC/C=C\CCCCCCCC(=O)OCCCCCCCCCCC/C=C\C/C=C\CCCCCCCCCCCCCCCCCCCC(=O)NC(COC1OC(CO)C(O)C(O)C1O)C(O)/C=C/CCCCCCCCCCC. The van der Waals surface area contributed by atoms with Gasteiger partial charge in [0, 0.05) is 12.8 Å². The van der Waals surface area contributed by atoms with Crippen molar-refractivity contribution in [2.45, 2.75) is 378 Å². The van der Waals surface area contributed by atoms with Crippen molar-refractivity contribution in [3.63, 3.8) is 0 Å². The first-order valence-corrected chi connectivity index (χ1v) is 35.4. The summed E-state index contributed by atoms with van der Waals surface area (Å²) in [6.45, 7) is 4.32. The van der Waals surface area contributed by atoms with Crippen LogP contribution < -0.4 is 5.32 Å². The highest BCUT2D eigenvalue weighted by molar-refractivity contribution is 5.76. The maximum atomic E-state index is 13.0. The Bertz CT molecular complexity index is 1520. The largest absolute Gasteiger partial charge is 0.466 e. The number of rotatable bonds is 62. The molecule has 1 heterocycles. The number of carbonyl (C=O) groups is 2. The molecule has 1 fully saturated rings. The molecule has 0 saturated carbocycles. The van der Waals surface area contributed by atoms with Crippen LogP contribution in [0.15, 0.2) is 48.6 Å². The van der Waals surface area contributed by atoms with Gasteiger partial charge in [-0.3, -0.25) is 9.59 Å². The van der Waals surface area contributed by atoms with Crippen molar-refractivity contribution in [3.05, 3.63) is 48.6 Å². The molecule has 1 amide bonds. The number of hydrogen-bond donors (Lipinski definition) is 6. The van der Waals surface area contributed by atoms with Crippen molar-refractivity contribution in [2.75, 3.05) is 19.8 Å². The van der Waals surface area contributed by atoms with E-state index in [1.54, 1.807) is 6.08 Å². The van der Waals surface area contributed by atoms with Gasteiger partial charge in [0.05, 0.1) is 32.0 Å². The third-order valence-electron chi connectivity index (χ3n) is 16.7. The van der Waals surface area contributed by atoms with Gasteiger partial charge in [-0.2, -0.15) is 0 Å². The predicted molar refractivity (Wildman–Crippen MR) is 347 cm³/mol. The van der Waals surface area contributed by atoms with Gasteiger partial charge in [0.25, 0.3) is 0 Å². The number of aliphatic hydroxyl groups is 5. The fourth-order valence-corrected chi connectivity index (χ4v) is 11.0. The molecule has 486 valence electrons. The standard InChI is InChI=1S/C72H133NO10/c1-3-5-7-9-11-13-38-42-46-50-54-58-65(75)64(63-82-72-71(80)70(79)69(78)66(62-74)83-72)73-67(76)59-55-51-47-43-40-36-34-32-30-28-26-24-22-20-18-16-15-17-19-21-23-25-27-29-31-33-35-37-41-45-49-53-57-61-81-68(77)60-56-52-48-44-39-14-12-10-8-6-4-2/h10,12,19,21,25,27,54,58,64-66,69-72,74-75,78-80H,3-9,11,13-18,20,22-24,26,28-53,55-57,59-63H2,1-2H3,(H,73,76)/b12-10-,21-19-,27-25-,58-54+. The lowest BCUT2D eigenvalue weighted by Crippen LogP contribution is -2.60. The first-order chi connectivity index (χ1) is 40.7. The van der Waals surface area contributed by atoms with Gasteiger partial charge < -0.3 is 45.1 Å². The minimum atomic E-state index is -1.57. The Balaban J connectivity index is 1.95. The highest BCUT2D eigenvalue weighted by atomic mass is 16.7. The number of amides is 1. The number of allylic oxidation sites excluding steroid dienone is 7. The summed E-state index contributed by atoms with van der Waals surface area (Å²) in [5.74, 6) is -0.184. The fourth-order valence-electron chi connectivity index (χ4n) is 11.0. The molecule has 0 aromatic heterocycles. The lowest BCUT2D eigenvalue weighted by molar-refractivity contribution is -0.302. The van der Waals surface area contributed by atoms with Crippen LogP contribution >= 0.6 is 0 Å². The van der Waals surface area contributed by atoms with Gasteiger partial charge in [0.1, 0.15) is 24.4 Å². The van der Waals surface area contributed by atoms with Crippen molar-refractivity contribution in [2.24, 2.45) is 0 Å². The lowest BCUT2D eigenvalue weighted by Gasteiger charge is -2.40. The van der Waals surface area contributed by atoms with Crippen LogP contribution in [0, 0.1) is 0 Å². The van der Waals surface area contributed by atoms with Gasteiger partial charge in [-0.15, -0.1) is 0 Å². The zero-order valence-electron chi connectivity index (χ0n) is 53.9. The van der Waals surface area contributed by atoms with E-state index in [0.29, 0.717) is 19.4 Å². The molecule has 0 radical (unpaired) electrons. The average molecular weight is 1170 g/mol. The molecule has 11 nitrogen and oxygen atoms in total. The minimum Gasteiger partial charge on any atom is -0.466 e. The number of unbranched alkanes of at least 4 members (excludes halogenated alkanes) is 42. The molecule has 1 aliphatic rings. The number of esters is 1. The second-order valence-electron chi connectivity index (χ2n) is 24.6. The van der Waals surface area contributed by atoms with Crippen LogP contribution in [0.3, 0.4) is 0 Å². The Morgan fingerprint density at radius 2 is 0.819 bits per heavy atom. The Morgan fingerprint density at radius 3 is 1.27 bits per heavy atom. The van der Waals surface area contributed by atoms with Crippen molar-refractivity contribution in [1.29, 1.82) is 0 Å². The highest BCUT2D eigenvalue weighted by Gasteiger charge is 2.44. The van der Waals surface area contributed by atoms with Gasteiger partial charge in [0.2, 0.25) is 5.91 Å². The number of carbonyl (C=O) groups excluding carboxylic acids is 2. The predicted octanol–water partition coefficient (Wildman–Crippen LogP) is 18.0. The molecule has 0 spiro atoms. The lowest BCUT2D eigenvalue weighted by atomic mass is 9.99. The Kier molecular flexibility index (Phi) is 58.0. The van der Waals surface area contributed by atoms with Crippen molar-refractivity contribution in [1.82, 2.24) is 5.32 Å². The van der Waals surface area contributed by atoms with E-state index in [-0.39, 0.29) is 18.5 Å². The molecule has 0 bridgehead atoms. The van der Waals surface area contributed by atoms with E-state index in [2.05, 4.69) is 55.6 Å². The molecule has 1 saturated heterocycles. The number of aliphatic hydroxyl groups excluding tert-OH is 5. The van der Waals surface area contributed by atoms with Crippen LogP contribution in [-0.2, 0) is 23.8 Å². The molecular formula is C72H133NO10. The van der Waals surface area contributed by atoms with Crippen LogP contribution in [0.25, 0.3) is 0 Å². The molecule has 0 aliphatic carbocycles. The average Bonchev–Trinajstić information content (AvgIpc) is 3.55. The summed E-state index contributed by atoms with van der Waals surface area (Å²) < 4.78 is 16.7. The maximum absolute atomic E-state index is 13.0. The maximum Gasteiger partial charge on any atom is 0.305 e. The Hall–Kier alpha value is -2.38.